The second-order valence-corrected chi connectivity index (χ2v) is 6.92. The van der Waals surface area contributed by atoms with Gasteiger partial charge in [0, 0.05) is 32.1 Å². The molecule has 1 unspecified atom stereocenters. The van der Waals surface area contributed by atoms with E-state index in [4.69, 9.17) is 0 Å². The number of carbonyl (C=O) groups excluding carboxylic acids is 1. The molecule has 1 aromatic heterocycles. The third-order valence-electron chi connectivity index (χ3n) is 4.69. The molecular weight excluding hydrogens is 337 g/mol. The third kappa shape index (κ3) is 3.49. The van der Waals surface area contributed by atoms with Crippen LogP contribution in [-0.2, 0) is 7.05 Å². The van der Waals surface area contributed by atoms with E-state index in [-0.39, 0.29) is 29.4 Å². The number of rotatable bonds is 3. The fourth-order valence-corrected chi connectivity index (χ4v) is 3.39. The third-order valence-corrected chi connectivity index (χ3v) is 4.69. The zero-order valence-corrected chi connectivity index (χ0v) is 15.3. The lowest BCUT2D eigenvalue weighted by Gasteiger charge is -2.32. The molecule has 1 fully saturated rings. The van der Waals surface area contributed by atoms with Crippen molar-refractivity contribution >= 4 is 11.7 Å². The molecule has 1 aliphatic heterocycles. The van der Waals surface area contributed by atoms with Crippen LogP contribution in [0.4, 0.5) is 14.9 Å². The van der Waals surface area contributed by atoms with Crippen molar-refractivity contribution in [3.05, 3.63) is 46.4 Å². The maximum Gasteiger partial charge on any atom is 0.345 e. The fraction of sp³-hybridized carbons (Fsp3) is 0.500. The highest BCUT2D eigenvalue weighted by molar-refractivity contribution is 5.89. The highest BCUT2D eigenvalue weighted by atomic mass is 19.1. The van der Waals surface area contributed by atoms with Crippen molar-refractivity contribution < 1.29 is 9.18 Å². The van der Waals surface area contributed by atoms with Crippen LogP contribution in [0.2, 0.25) is 0 Å². The van der Waals surface area contributed by atoms with E-state index in [1.807, 2.05) is 13.8 Å². The highest BCUT2D eigenvalue weighted by Crippen LogP contribution is 2.27. The van der Waals surface area contributed by atoms with Crippen molar-refractivity contribution in [2.24, 2.45) is 7.05 Å². The number of amides is 2. The van der Waals surface area contributed by atoms with Crippen molar-refractivity contribution in [2.75, 3.05) is 18.4 Å². The number of aryl methyl sites for hydroxylation is 1. The van der Waals surface area contributed by atoms with Crippen LogP contribution < -0.4 is 11.0 Å². The predicted octanol–water partition coefficient (Wildman–Crippen LogP) is 2.71. The van der Waals surface area contributed by atoms with Crippen LogP contribution in [-0.4, -0.2) is 38.4 Å². The summed E-state index contributed by atoms with van der Waals surface area (Å²) in [5, 5.41) is 7.02. The molecule has 0 radical (unpaired) electrons. The Labute approximate surface area is 151 Å². The van der Waals surface area contributed by atoms with E-state index < -0.39 is 5.82 Å². The van der Waals surface area contributed by atoms with Gasteiger partial charge >= 0.3 is 11.7 Å². The van der Waals surface area contributed by atoms with Crippen molar-refractivity contribution in [2.45, 2.75) is 38.6 Å². The topological polar surface area (TPSA) is 72.2 Å². The number of hydrogen-bond donors (Lipinski definition) is 1. The lowest BCUT2D eigenvalue weighted by molar-refractivity contribution is 0.190. The Kier molecular flexibility index (Phi) is 5.11. The summed E-state index contributed by atoms with van der Waals surface area (Å²) < 4.78 is 16.8. The zero-order valence-electron chi connectivity index (χ0n) is 15.3. The number of nitrogens with zero attached hydrogens (tertiary/aromatic N) is 4. The zero-order chi connectivity index (χ0) is 18.8. The molecule has 0 aliphatic carbocycles. The summed E-state index contributed by atoms with van der Waals surface area (Å²) in [6.45, 7) is 4.93. The van der Waals surface area contributed by atoms with Gasteiger partial charge in [0.25, 0.3) is 0 Å². The van der Waals surface area contributed by atoms with E-state index in [2.05, 4.69) is 10.4 Å². The molecule has 7 nitrogen and oxygen atoms in total. The molecule has 1 saturated heterocycles. The van der Waals surface area contributed by atoms with Crippen molar-refractivity contribution in [1.29, 1.82) is 0 Å². The van der Waals surface area contributed by atoms with E-state index in [0.29, 0.717) is 18.9 Å². The molecule has 1 aliphatic rings. The van der Waals surface area contributed by atoms with Gasteiger partial charge in [-0.05, 0) is 38.8 Å². The number of piperidine rings is 1. The Hall–Kier alpha value is -2.64. The molecule has 0 bridgehead atoms. The molecule has 26 heavy (non-hydrogen) atoms. The summed E-state index contributed by atoms with van der Waals surface area (Å²) >= 11 is 0. The maximum absolute atomic E-state index is 13.8. The van der Waals surface area contributed by atoms with Crippen molar-refractivity contribution in [3.8, 4) is 0 Å². The van der Waals surface area contributed by atoms with Crippen LogP contribution in [0, 0.1) is 5.82 Å². The summed E-state index contributed by atoms with van der Waals surface area (Å²) in [6.07, 6.45) is 1.66. The predicted molar refractivity (Wildman–Crippen MR) is 96.8 cm³/mol. The number of hydrogen-bond acceptors (Lipinski definition) is 3. The van der Waals surface area contributed by atoms with Crippen LogP contribution in [0.1, 0.15) is 44.5 Å². The minimum atomic E-state index is -0.465. The average molecular weight is 361 g/mol. The molecule has 0 saturated carbocycles. The first-order valence-corrected chi connectivity index (χ1v) is 8.84. The van der Waals surface area contributed by atoms with Gasteiger partial charge in [-0.2, -0.15) is 5.10 Å². The first kappa shape index (κ1) is 18.2. The Morgan fingerprint density at radius 2 is 2.08 bits per heavy atom. The van der Waals surface area contributed by atoms with Gasteiger partial charge in [0.05, 0.1) is 5.69 Å². The van der Waals surface area contributed by atoms with Crippen molar-refractivity contribution in [1.82, 2.24) is 19.2 Å². The van der Waals surface area contributed by atoms with Crippen LogP contribution in [0.5, 0.6) is 0 Å². The first-order chi connectivity index (χ1) is 12.4. The molecule has 8 heteroatoms. The molecule has 2 heterocycles. The van der Waals surface area contributed by atoms with E-state index in [1.54, 1.807) is 28.6 Å². The van der Waals surface area contributed by atoms with Gasteiger partial charge in [0.15, 0.2) is 0 Å². The summed E-state index contributed by atoms with van der Waals surface area (Å²) in [6, 6.07) is 5.75. The Morgan fingerprint density at radius 3 is 2.77 bits per heavy atom. The van der Waals surface area contributed by atoms with E-state index in [9.17, 15) is 14.0 Å². The standard InChI is InChI=1S/C18H24FN5O2/c1-12(2)24-16(21-22(3)18(24)26)13-7-6-10-23(11-13)17(25)20-15-9-5-4-8-14(15)19/h4-5,8-9,12-13H,6-7,10-11H2,1-3H3,(H,20,25). The quantitative estimate of drug-likeness (QED) is 0.914. The van der Waals surface area contributed by atoms with E-state index >= 15 is 0 Å². The number of para-hydroxylation sites is 1. The van der Waals surface area contributed by atoms with Gasteiger partial charge in [-0.15, -0.1) is 0 Å². The monoisotopic (exact) mass is 361 g/mol. The van der Waals surface area contributed by atoms with E-state index in [0.717, 1.165) is 12.8 Å². The highest BCUT2D eigenvalue weighted by Gasteiger charge is 2.30. The molecule has 2 aromatic rings. The second-order valence-electron chi connectivity index (χ2n) is 6.92. The van der Waals surface area contributed by atoms with Gasteiger partial charge in [0.2, 0.25) is 0 Å². The molecule has 3 rings (SSSR count). The number of carbonyl (C=O) groups is 1. The molecule has 1 atom stereocenters. The van der Waals surface area contributed by atoms with Gasteiger partial charge < -0.3 is 10.2 Å². The van der Waals surface area contributed by atoms with Crippen LogP contribution >= 0.6 is 0 Å². The normalized spacial score (nSPS) is 17.6. The van der Waals surface area contributed by atoms with Gasteiger partial charge in [-0.25, -0.2) is 18.7 Å². The Balaban J connectivity index is 1.78. The number of benzene rings is 1. The SMILES string of the molecule is CC(C)n1c(C2CCCN(C(=O)Nc3ccccc3F)C2)nn(C)c1=O. The first-order valence-electron chi connectivity index (χ1n) is 8.84. The van der Waals surface area contributed by atoms with Crippen molar-refractivity contribution in [3.63, 3.8) is 0 Å². The van der Waals surface area contributed by atoms with Crippen LogP contribution in [0.3, 0.4) is 0 Å². The van der Waals surface area contributed by atoms with Gasteiger partial charge in [-0.1, -0.05) is 12.1 Å². The lowest BCUT2D eigenvalue weighted by Crippen LogP contribution is -2.42. The molecule has 2 amide bonds. The summed E-state index contributed by atoms with van der Waals surface area (Å²) in [5.41, 5.74) is 0.0134. The smallest absolute Gasteiger partial charge is 0.324 e. The number of urea groups is 1. The van der Waals surface area contributed by atoms with Gasteiger partial charge in [0.1, 0.15) is 11.6 Å². The lowest BCUT2D eigenvalue weighted by atomic mass is 9.97. The number of nitrogens with one attached hydrogen (secondary N) is 1. The largest absolute Gasteiger partial charge is 0.345 e. The van der Waals surface area contributed by atoms with Crippen LogP contribution in [0.15, 0.2) is 29.1 Å². The fourth-order valence-electron chi connectivity index (χ4n) is 3.39. The molecule has 1 aromatic carbocycles. The Bertz CT molecular complexity index is 858. The second kappa shape index (κ2) is 7.31. The average Bonchev–Trinajstić information content (AvgIpc) is 2.92. The van der Waals surface area contributed by atoms with Crippen LogP contribution in [0.25, 0.3) is 0 Å². The Morgan fingerprint density at radius 1 is 1.35 bits per heavy atom. The summed E-state index contributed by atoms with van der Waals surface area (Å²) in [7, 11) is 1.64. The molecular formula is C18H24FN5O2. The molecule has 140 valence electrons. The van der Waals surface area contributed by atoms with E-state index in [1.165, 1.54) is 16.8 Å². The van der Waals surface area contributed by atoms with Gasteiger partial charge in [-0.3, -0.25) is 4.57 Å². The number of anilines is 1. The number of likely N-dealkylation sites (tertiary alicyclic amines) is 1. The number of halogens is 1. The summed E-state index contributed by atoms with van der Waals surface area (Å²) in [5.74, 6) is 0.218. The maximum atomic E-state index is 13.8. The minimum absolute atomic E-state index is 0.00572. The minimum Gasteiger partial charge on any atom is -0.324 e. The molecule has 1 N–H and O–H groups in total. The molecule has 0 spiro atoms. The number of aromatic nitrogens is 3. The summed E-state index contributed by atoms with van der Waals surface area (Å²) in [4.78, 5) is 26.5.